The van der Waals surface area contributed by atoms with Crippen LogP contribution in [-0.2, 0) is 5.60 Å². The van der Waals surface area contributed by atoms with E-state index in [1.807, 2.05) is 18.2 Å². The predicted molar refractivity (Wildman–Crippen MR) is 55.8 cm³/mol. The molecule has 0 saturated heterocycles. The van der Waals surface area contributed by atoms with Crippen LogP contribution in [0.4, 0.5) is 0 Å². The zero-order valence-corrected chi connectivity index (χ0v) is 8.32. The second-order valence-electron chi connectivity index (χ2n) is 4.75. The molecule has 2 aliphatic rings. The van der Waals surface area contributed by atoms with Gasteiger partial charge in [-0.1, -0.05) is 36.8 Å². The van der Waals surface area contributed by atoms with E-state index in [4.69, 9.17) is 0 Å². The second-order valence-corrected chi connectivity index (χ2v) is 4.75. The van der Waals surface area contributed by atoms with E-state index in [0.29, 0.717) is 11.8 Å². The van der Waals surface area contributed by atoms with Gasteiger partial charge in [-0.2, -0.15) is 0 Å². The van der Waals surface area contributed by atoms with Crippen molar-refractivity contribution in [2.24, 2.45) is 11.8 Å². The summed E-state index contributed by atoms with van der Waals surface area (Å²) in [5, 5.41) is 10.7. The fraction of sp³-hybridized carbons (Fsp3) is 0.538. The Morgan fingerprint density at radius 1 is 1.07 bits per heavy atom. The molecule has 2 fully saturated rings. The van der Waals surface area contributed by atoms with E-state index in [-0.39, 0.29) is 0 Å². The Morgan fingerprint density at radius 3 is 2.29 bits per heavy atom. The van der Waals surface area contributed by atoms with Crippen molar-refractivity contribution in [2.45, 2.75) is 31.3 Å². The summed E-state index contributed by atoms with van der Waals surface area (Å²) in [7, 11) is 0. The van der Waals surface area contributed by atoms with Crippen molar-refractivity contribution in [3.63, 3.8) is 0 Å². The lowest BCUT2D eigenvalue weighted by Gasteiger charge is -2.56. The van der Waals surface area contributed by atoms with Crippen LogP contribution >= 0.6 is 0 Å². The third-order valence-corrected chi connectivity index (χ3v) is 4.16. The van der Waals surface area contributed by atoms with Crippen molar-refractivity contribution < 1.29 is 5.11 Å². The van der Waals surface area contributed by atoms with Crippen molar-refractivity contribution >= 4 is 0 Å². The summed E-state index contributed by atoms with van der Waals surface area (Å²) in [6.45, 7) is 0. The number of hydrogen-bond acceptors (Lipinski definition) is 1. The lowest BCUT2D eigenvalue weighted by Crippen LogP contribution is -2.55. The molecule has 14 heavy (non-hydrogen) atoms. The van der Waals surface area contributed by atoms with Gasteiger partial charge >= 0.3 is 0 Å². The molecule has 2 saturated carbocycles. The molecule has 1 heteroatoms. The molecule has 1 aromatic carbocycles. The Labute approximate surface area is 84.8 Å². The summed E-state index contributed by atoms with van der Waals surface area (Å²) in [6, 6.07) is 10.2. The van der Waals surface area contributed by atoms with Crippen molar-refractivity contribution in [1.82, 2.24) is 0 Å². The highest BCUT2D eigenvalue weighted by Gasteiger charge is 2.56. The average Bonchev–Trinajstić information content (AvgIpc) is 2.30. The van der Waals surface area contributed by atoms with Crippen LogP contribution < -0.4 is 0 Å². The minimum Gasteiger partial charge on any atom is -0.385 e. The van der Waals surface area contributed by atoms with Gasteiger partial charge < -0.3 is 5.11 Å². The molecular formula is C13H16O. The van der Waals surface area contributed by atoms with E-state index >= 15 is 0 Å². The summed E-state index contributed by atoms with van der Waals surface area (Å²) in [6.07, 6.45) is 4.97. The monoisotopic (exact) mass is 188 g/mol. The highest BCUT2D eigenvalue weighted by Crippen LogP contribution is 2.58. The quantitative estimate of drug-likeness (QED) is 0.718. The Kier molecular flexibility index (Phi) is 1.72. The molecule has 2 aliphatic carbocycles. The van der Waals surface area contributed by atoms with Gasteiger partial charge in [0.2, 0.25) is 0 Å². The molecule has 3 rings (SSSR count). The standard InChI is InChI=1S/C13H16O/c14-13(10-5-2-1-3-6-10)11-7-4-8-12(13)9-11/h1-3,5-6,11-12,14H,4,7-9H2/t11-,12+,13?. The topological polar surface area (TPSA) is 20.2 Å². The minimum absolute atomic E-state index is 0.473. The van der Waals surface area contributed by atoms with E-state index in [0.717, 1.165) is 5.56 Å². The SMILES string of the molecule is OC1(c2ccccc2)[C@@H]2CCC[C@H]1C2. The van der Waals surface area contributed by atoms with E-state index in [1.165, 1.54) is 25.7 Å². The van der Waals surface area contributed by atoms with Crippen molar-refractivity contribution in [3.05, 3.63) is 35.9 Å². The Morgan fingerprint density at radius 2 is 1.71 bits per heavy atom. The van der Waals surface area contributed by atoms with E-state index in [1.54, 1.807) is 0 Å². The van der Waals surface area contributed by atoms with Crippen LogP contribution in [0.2, 0.25) is 0 Å². The van der Waals surface area contributed by atoms with E-state index in [9.17, 15) is 5.11 Å². The van der Waals surface area contributed by atoms with Crippen LogP contribution in [0.3, 0.4) is 0 Å². The summed E-state index contributed by atoms with van der Waals surface area (Å²) in [5.74, 6) is 1.06. The molecule has 0 aromatic heterocycles. The van der Waals surface area contributed by atoms with Crippen molar-refractivity contribution in [3.8, 4) is 0 Å². The van der Waals surface area contributed by atoms with Crippen LogP contribution in [0.5, 0.6) is 0 Å². The van der Waals surface area contributed by atoms with Crippen LogP contribution in [0.1, 0.15) is 31.2 Å². The molecule has 2 bridgehead atoms. The molecule has 0 radical (unpaired) electrons. The van der Waals surface area contributed by atoms with E-state index in [2.05, 4.69) is 12.1 Å². The number of benzene rings is 1. The normalized spacial score (nSPS) is 40.4. The smallest absolute Gasteiger partial charge is 0.0952 e. The molecular weight excluding hydrogens is 172 g/mol. The Balaban J connectivity index is 1.98. The largest absolute Gasteiger partial charge is 0.385 e. The maximum atomic E-state index is 10.7. The third-order valence-electron chi connectivity index (χ3n) is 4.16. The molecule has 1 nitrogen and oxygen atoms in total. The first-order valence-electron chi connectivity index (χ1n) is 5.59. The highest BCUT2D eigenvalue weighted by molar-refractivity contribution is 5.28. The van der Waals surface area contributed by atoms with Crippen molar-refractivity contribution in [2.75, 3.05) is 0 Å². The van der Waals surface area contributed by atoms with Crippen molar-refractivity contribution in [1.29, 1.82) is 0 Å². The molecule has 1 unspecified atom stereocenters. The third kappa shape index (κ3) is 0.936. The molecule has 0 spiro atoms. The molecule has 1 aromatic rings. The molecule has 74 valence electrons. The lowest BCUT2D eigenvalue weighted by atomic mass is 9.52. The first-order valence-corrected chi connectivity index (χ1v) is 5.59. The highest BCUT2D eigenvalue weighted by atomic mass is 16.3. The van der Waals surface area contributed by atoms with E-state index < -0.39 is 5.60 Å². The summed E-state index contributed by atoms with van der Waals surface area (Å²) >= 11 is 0. The fourth-order valence-corrected chi connectivity index (χ4v) is 3.34. The molecule has 3 atom stereocenters. The first kappa shape index (κ1) is 8.49. The molecule has 0 aliphatic heterocycles. The number of hydrogen-bond donors (Lipinski definition) is 1. The van der Waals surface area contributed by atoms with Gasteiger partial charge in [0.15, 0.2) is 0 Å². The molecule has 0 heterocycles. The molecule has 1 N–H and O–H groups in total. The van der Waals surface area contributed by atoms with Gasteiger partial charge in [0.1, 0.15) is 0 Å². The lowest BCUT2D eigenvalue weighted by molar-refractivity contribution is -0.185. The van der Waals surface area contributed by atoms with Gasteiger partial charge in [-0.15, -0.1) is 0 Å². The second kappa shape index (κ2) is 2.83. The minimum atomic E-state index is -0.473. The zero-order chi connectivity index (χ0) is 9.60. The van der Waals surface area contributed by atoms with Gasteiger partial charge in [-0.25, -0.2) is 0 Å². The maximum absolute atomic E-state index is 10.7. The fourth-order valence-electron chi connectivity index (χ4n) is 3.34. The summed E-state index contributed by atoms with van der Waals surface area (Å²) in [4.78, 5) is 0. The Bertz CT molecular complexity index is 316. The number of rotatable bonds is 1. The zero-order valence-electron chi connectivity index (χ0n) is 8.32. The average molecular weight is 188 g/mol. The van der Waals surface area contributed by atoms with Crippen LogP contribution in [-0.4, -0.2) is 5.11 Å². The number of aliphatic hydroxyl groups is 1. The van der Waals surface area contributed by atoms with Gasteiger partial charge in [0.25, 0.3) is 0 Å². The van der Waals surface area contributed by atoms with Gasteiger partial charge in [0.05, 0.1) is 5.60 Å². The summed E-state index contributed by atoms with van der Waals surface area (Å²) < 4.78 is 0. The van der Waals surface area contributed by atoms with Gasteiger partial charge in [-0.3, -0.25) is 0 Å². The molecule has 0 amide bonds. The first-order chi connectivity index (χ1) is 6.82. The van der Waals surface area contributed by atoms with Crippen LogP contribution in [0.15, 0.2) is 30.3 Å². The Hall–Kier alpha value is -0.820. The van der Waals surface area contributed by atoms with Crippen LogP contribution in [0, 0.1) is 11.8 Å². The number of fused-ring (bicyclic) bond motifs is 2. The summed E-state index contributed by atoms with van der Waals surface area (Å²) in [5.41, 5.74) is 0.667. The van der Waals surface area contributed by atoms with Crippen LogP contribution in [0.25, 0.3) is 0 Å². The predicted octanol–water partition coefficient (Wildman–Crippen LogP) is 2.69. The maximum Gasteiger partial charge on any atom is 0.0952 e. The van der Waals surface area contributed by atoms with Gasteiger partial charge in [-0.05, 0) is 36.7 Å². The van der Waals surface area contributed by atoms with Gasteiger partial charge in [0, 0.05) is 0 Å².